The number of carbonyl (C=O) groups excluding carboxylic acids is 1. The van der Waals surface area contributed by atoms with Crippen molar-refractivity contribution in [2.45, 2.75) is 39.8 Å². The first-order chi connectivity index (χ1) is 20.0. The van der Waals surface area contributed by atoms with Gasteiger partial charge >= 0.3 is 5.69 Å². The minimum atomic E-state index is -0.925. The maximum absolute atomic E-state index is 15.8. The van der Waals surface area contributed by atoms with Gasteiger partial charge in [0.05, 0.1) is 17.1 Å². The Morgan fingerprint density at radius 3 is 2.62 bits per heavy atom. The van der Waals surface area contributed by atoms with Gasteiger partial charge in [0.2, 0.25) is 11.8 Å². The molecule has 4 aromatic rings. The molecule has 0 saturated carbocycles. The molecule has 10 nitrogen and oxygen atoms in total. The molecule has 1 amide bonds. The molecular formula is C30H30F2N6O4. The SMILES string of the molecule is C=CC(=O)N1CCN(c2nc(=O)n(-c3c(C)ccnc3OC(C)C)c3nc(-c4c(O)cccc4F)c(F)cc23)C(C)C1. The number of carbonyl (C=O) groups is 1. The molecule has 3 aromatic heterocycles. The second-order valence-corrected chi connectivity index (χ2v) is 10.4. The smallest absolute Gasteiger partial charge is 0.356 e. The number of pyridine rings is 2. The lowest BCUT2D eigenvalue weighted by Gasteiger charge is -2.40. The third-order valence-electron chi connectivity index (χ3n) is 7.08. The molecule has 12 heteroatoms. The van der Waals surface area contributed by atoms with Gasteiger partial charge in [0.1, 0.15) is 28.8 Å². The van der Waals surface area contributed by atoms with E-state index in [-0.39, 0.29) is 46.5 Å². The van der Waals surface area contributed by atoms with Crippen molar-refractivity contribution < 1.29 is 23.4 Å². The van der Waals surface area contributed by atoms with Crippen molar-refractivity contribution in [3.8, 4) is 28.6 Å². The molecule has 1 aliphatic rings. The van der Waals surface area contributed by atoms with Crippen LogP contribution in [0.25, 0.3) is 28.0 Å². The van der Waals surface area contributed by atoms with Crippen LogP contribution < -0.4 is 15.3 Å². The lowest BCUT2D eigenvalue weighted by atomic mass is 10.1. The van der Waals surface area contributed by atoms with E-state index >= 15 is 4.39 Å². The van der Waals surface area contributed by atoms with Crippen molar-refractivity contribution in [1.82, 2.24) is 24.4 Å². The molecule has 1 unspecified atom stereocenters. The number of aryl methyl sites for hydroxylation is 1. The molecule has 42 heavy (non-hydrogen) atoms. The normalized spacial score (nSPS) is 15.4. The fraction of sp³-hybridized carbons (Fsp3) is 0.300. The minimum Gasteiger partial charge on any atom is -0.507 e. The van der Waals surface area contributed by atoms with Crippen LogP contribution in [0, 0.1) is 18.6 Å². The molecule has 1 saturated heterocycles. The van der Waals surface area contributed by atoms with Gasteiger partial charge in [0, 0.05) is 31.9 Å². The Bertz CT molecular complexity index is 1750. The van der Waals surface area contributed by atoms with E-state index in [9.17, 15) is 19.1 Å². The van der Waals surface area contributed by atoms with Crippen molar-refractivity contribution >= 4 is 22.8 Å². The second kappa shape index (κ2) is 11.2. The largest absolute Gasteiger partial charge is 0.507 e. The number of aromatic nitrogens is 4. The highest BCUT2D eigenvalue weighted by molar-refractivity contribution is 5.91. The molecule has 0 spiro atoms. The number of halogens is 2. The van der Waals surface area contributed by atoms with E-state index in [0.29, 0.717) is 25.2 Å². The first-order valence-electron chi connectivity index (χ1n) is 13.4. The summed E-state index contributed by atoms with van der Waals surface area (Å²) in [6.45, 7) is 11.7. The first-order valence-corrected chi connectivity index (χ1v) is 13.4. The fourth-order valence-corrected chi connectivity index (χ4v) is 5.16. The highest BCUT2D eigenvalue weighted by Crippen LogP contribution is 2.37. The van der Waals surface area contributed by atoms with Crippen molar-refractivity contribution in [1.29, 1.82) is 0 Å². The molecular weight excluding hydrogens is 546 g/mol. The Morgan fingerprint density at radius 1 is 1.19 bits per heavy atom. The van der Waals surface area contributed by atoms with E-state index in [2.05, 4.69) is 21.5 Å². The topological polar surface area (TPSA) is 114 Å². The van der Waals surface area contributed by atoms with Gasteiger partial charge in [-0.25, -0.2) is 28.1 Å². The number of aromatic hydroxyl groups is 1. The standard InChI is InChI=1S/C30H30F2N6O4/c1-6-23(40)36-12-13-37(18(5)15-36)27-19-14-21(32)25(24-20(31)8-7-9-22(24)39)34-28(19)38(30(41)35-27)26-17(4)10-11-33-29(26)42-16(2)3/h6-11,14,16,18,39H,1,12-13,15H2,2-5H3. The summed E-state index contributed by atoms with van der Waals surface area (Å²) in [4.78, 5) is 42.7. The van der Waals surface area contributed by atoms with Gasteiger partial charge in [-0.2, -0.15) is 4.98 Å². The number of fused-ring (bicyclic) bond motifs is 1. The highest BCUT2D eigenvalue weighted by Gasteiger charge is 2.31. The Morgan fingerprint density at radius 2 is 1.95 bits per heavy atom. The van der Waals surface area contributed by atoms with Gasteiger partial charge in [-0.3, -0.25) is 4.79 Å². The van der Waals surface area contributed by atoms with E-state index in [1.807, 2.05) is 11.8 Å². The molecule has 1 N–H and O–H groups in total. The average molecular weight is 577 g/mol. The fourth-order valence-electron chi connectivity index (χ4n) is 5.16. The summed E-state index contributed by atoms with van der Waals surface area (Å²) >= 11 is 0. The van der Waals surface area contributed by atoms with Gasteiger partial charge in [-0.1, -0.05) is 12.6 Å². The van der Waals surface area contributed by atoms with Gasteiger partial charge in [0.15, 0.2) is 11.5 Å². The molecule has 0 aliphatic carbocycles. The zero-order valence-corrected chi connectivity index (χ0v) is 23.6. The zero-order valence-electron chi connectivity index (χ0n) is 23.6. The van der Waals surface area contributed by atoms with Crippen molar-refractivity contribution in [3.05, 3.63) is 76.9 Å². The summed E-state index contributed by atoms with van der Waals surface area (Å²) in [5, 5.41) is 10.6. The van der Waals surface area contributed by atoms with Crippen molar-refractivity contribution in [2.75, 3.05) is 24.5 Å². The van der Waals surface area contributed by atoms with Gasteiger partial charge in [-0.05, 0) is 63.6 Å². The molecule has 1 fully saturated rings. The van der Waals surface area contributed by atoms with Gasteiger partial charge in [-0.15, -0.1) is 0 Å². The maximum atomic E-state index is 15.8. The van der Waals surface area contributed by atoms with E-state index in [4.69, 9.17) is 4.74 Å². The molecule has 1 atom stereocenters. The van der Waals surface area contributed by atoms with Crippen LogP contribution in [0.5, 0.6) is 11.6 Å². The monoisotopic (exact) mass is 576 g/mol. The molecule has 1 aromatic carbocycles. The summed E-state index contributed by atoms with van der Waals surface area (Å²) in [6, 6.07) is 6.10. The van der Waals surface area contributed by atoms with Gasteiger partial charge < -0.3 is 19.6 Å². The number of nitrogens with zero attached hydrogens (tertiary/aromatic N) is 6. The van der Waals surface area contributed by atoms with Crippen LogP contribution >= 0.6 is 0 Å². The van der Waals surface area contributed by atoms with Crippen LogP contribution in [0.1, 0.15) is 26.3 Å². The lowest BCUT2D eigenvalue weighted by molar-refractivity contribution is -0.126. The van der Waals surface area contributed by atoms with Crippen LogP contribution in [0.2, 0.25) is 0 Å². The number of benzene rings is 1. The predicted octanol–water partition coefficient (Wildman–Crippen LogP) is 4.15. The molecule has 4 heterocycles. The number of anilines is 1. The summed E-state index contributed by atoms with van der Waals surface area (Å²) in [7, 11) is 0. The number of hydrogen-bond donors (Lipinski definition) is 1. The minimum absolute atomic E-state index is 0.0365. The summed E-state index contributed by atoms with van der Waals surface area (Å²) in [5.41, 5.74) is -0.860. The maximum Gasteiger partial charge on any atom is 0.356 e. The van der Waals surface area contributed by atoms with Crippen LogP contribution in [-0.2, 0) is 4.79 Å². The third kappa shape index (κ3) is 5.04. The number of phenols is 1. The Labute approximate surface area is 240 Å². The number of hydrogen-bond acceptors (Lipinski definition) is 8. The number of amides is 1. The Balaban J connectivity index is 1.82. The van der Waals surface area contributed by atoms with Crippen LogP contribution in [0.15, 0.2) is 54.0 Å². The number of rotatable bonds is 6. The number of phenolic OH excluding ortho intramolecular Hbond substituents is 1. The molecule has 5 rings (SSSR count). The van der Waals surface area contributed by atoms with Crippen LogP contribution in [0.4, 0.5) is 14.6 Å². The second-order valence-electron chi connectivity index (χ2n) is 10.4. The Kier molecular flexibility index (Phi) is 7.63. The molecule has 1 aliphatic heterocycles. The van der Waals surface area contributed by atoms with E-state index in [1.165, 1.54) is 29.0 Å². The average Bonchev–Trinajstić information content (AvgIpc) is 2.93. The van der Waals surface area contributed by atoms with Crippen molar-refractivity contribution in [3.63, 3.8) is 0 Å². The summed E-state index contributed by atoms with van der Waals surface area (Å²) < 4.78 is 37.8. The highest BCUT2D eigenvalue weighted by atomic mass is 19.1. The molecule has 0 bridgehead atoms. The molecule has 218 valence electrons. The van der Waals surface area contributed by atoms with E-state index < -0.39 is 34.3 Å². The first kappa shape index (κ1) is 28.7. The lowest BCUT2D eigenvalue weighted by Crippen LogP contribution is -2.54. The van der Waals surface area contributed by atoms with Gasteiger partial charge in [0.25, 0.3) is 0 Å². The summed E-state index contributed by atoms with van der Waals surface area (Å²) in [5.74, 6) is -2.25. The van der Waals surface area contributed by atoms with Crippen molar-refractivity contribution in [2.24, 2.45) is 0 Å². The van der Waals surface area contributed by atoms with Crippen LogP contribution in [-0.4, -0.2) is 67.2 Å². The quantitative estimate of drug-likeness (QED) is 0.341. The van der Waals surface area contributed by atoms with E-state index in [1.54, 1.807) is 31.7 Å². The summed E-state index contributed by atoms with van der Waals surface area (Å²) in [6.07, 6.45) is 2.48. The zero-order chi connectivity index (χ0) is 30.3. The number of ether oxygens (including phenoxy) is 1. The van der Waals surface area contributed by atoms with E-state index in [0.717, 1.165) is 12.1 Å². The Hall–Kier alpha value is -4.87. The third-order valence-corrected chi connectivity index (χ3v) is 7.08. The molecule has 0 radical (unpaired) electrons. The van der Waals surface area contributed by atoms with Crippen LogP contribution in [0.3, 0.4) is 0 Å². The predicted molar refractivity (Wildman–Crippen MR) is 154 cm³/mol. The number of piperazine rings is 1.